The maximum Gasteiger partial charge on any atom is 0.279 e. The summed E-state index contributed by atoms with van der Waals surface area (Å²) in [4.78, 5) is 12.6. The molecule has 0 saturated carbocycles. The van der Waals surface area contributed by atoms with E-state index < -0.39 is 0 Å². The van der Waals surface area contributed by atoms with Gasteiger partial charge < -0.3 is 5.32 Å². The standard InChI is InChI=1S/C15H17N3OS2/c1-10-8-9-21-13(10)14(19)17-18-15(20)16-11(2)12-6-4-3-5-7-12/h3-9,11H,1-2H3,(H,17,19)(H2,16,18,20)/t11-/m1/s1. The predicted molar refractivity (Wildman–Crippen MR) is 90.2 cm³/mol. The first kappa shape index (κ1) is 15.5. The highest BCUT2D eigenvalue weighted by molar-refractivity contribution is 7.80. The van der Waals surface area contributed by atoms with E-state index in [4.69, 9.17) is 12.2 Å². The Morgan fingerprint density at radius 2 is 1.90 bits per heavy atom. The number of thiophene rings is 1. The van der Waals surface area contributed by atoms with Crippen LogP contribution >= 0.6 is 23.6 Å². The molecule has 1 atom stereocenters. The topological polar surface area (TPSA) is 53.2 Å². The molecule has 3 N–H and O–H groups in total. The number of hydrazine groups is 1. The van der Waals surface area contributed by atoms with Crippen molar-refractivity contribution in [2.75, 3.05) is 0 Å². The van der Waals surface area contributed by atoms with Gasteiger partial charge in [0.2, 0.25) is 0 Å². The average Bonchev–Trinajstić information content (AvgIpc) is 2.92. The van der Waals surface area contributed by atoms with Crippen molar-refractivity contribution in [2.45, 2.75) is 19.9 Å². The van der Waals surface area contributed by atoms with Crippen LogP contribution in [-0.4, -0.2) is 11.0 Å². The largest absolute Gasteiger partial charge is 0.355 e. The molecular weight excluding hydrogens is 302 g/mol. The Hall–Kier alpha value is -1.92. The monoisotopic (exact) mass is 319 g/mol. The van der Waals surface area contributed by atoms with E-state index in [1.54, 1.807) is 0 Å². The molecular formula is C15H17N3OS2. The highest BCUT2D eigenvalue weighted by Gasteiger charge is 2.11. The van der Waals surface area contributed by atoms with E-state index in [1.807, 2.05) is 55.6 Å². The smallest absolute Gasteiger partial charge is 0.279 e. The molecule has 0 aliphatic heterocycles. The molecule has 1 heterocycles. The SMILES string of the molecule is Cc1ccsc1C(=O)NNC(=S)N[C@H](C)c1ccccc1. The lowest BCUT2D eigenvalue weighted by molar-refractivity contribution is 0.0947. The molecule has 1 aromatic heterocycles. The Morgan fingerprint density at radius 1 is 1.19 bits per heavy atom. The van der Waals surface area contributed by atoms with E-state index in [2.05, 4.69) is 16.2 Å². The summed E-state index contributed by atoms with van der Waals surface area (Å²) in [5, 5.41) is 5.39. The van der Waals surface area contributed by atoms with Gasteiger partial charge in [0.05, 0.1) is 10.9 Å². The van der Waals surface area contributed by atoms with Gasteiger partial charge >= 0.3 is 0 Å². The Morgan fingerprint density at radius 3 is 2.52 bits per heavy atom. The van der Waals surface area contributed by atoms with Gasteiger partial charge in [-0.1, -0.05) is 30.3 Å². The molecule has 6 heteroatoms. The third kappa shape index (κ3) is 4.27. The Labute approximate surface area is 133 Å². The molecule has 0 unspecified atom stereocenters. The summed E-state index contributed by atoms with van der Waals surface area (Å²) >= 11 is 6.58. The highest BCUT2D eigenvalue weighted by Crippen LogP contribution is 2.14. The molecule has 0 radical (unpaired) electrons. The van der Waals surface area contributed by atoms with Gasteiger partial charge in [-0.05, 0) is 48.6 Å². The quantitative estimate of drug-likeness (QED) is 0.601. The van der Waals surface area contributed by atoms with Crippen molar-refractivity contribution < 1.29 is 4.79 Å². The molecule has 0 fully saturated rings. The van der Waals surface area contributed by atoms with E-state index in [0.29, 0.717) is 9.99 Å². The second kappa shape index (κ2) is 7.19. The van der Waals surface area contributed by atoms with E-state index >= 15 is 0 Å². The predicted octanol–water partition coefficient (Wildman–Crippen LogP) is 2.93. The van der Waals surface area contributed by atoms with E-state index in [1.165, 1.54) is 11.3 Å². The number of carbonyl (C=O) groups excluding carboxylic acids is 1. The fourth-order valence-corrected chi connectivity index (χ4v) is 2.88. The van der Waals surface area contributed by atoms with Crippen LogP contribution in [0.25, 0.3) is 0 Å². The van der Waals surface area contributed by atoms with Gasteiger partial charge in [0.15, 0.2) is 5.11 Å². The van der Waals surface area contributed by atoms with Gasteiger partial charge in [-0.25, -0.2) is 0 Å². The van der Waals surface area contributed by atoms with Crippen LogP contribution in [0.2, 0.25) is 0 Å². The highest BCUT2D eigenvalue weighted by atomic mass is 32.1. The number of thiocarbonyl (C=S) groups is 1. The van der Waals surface area contributed by atoms with Crippen LogP contribution in [0.15, 0.2) is 41.8 Å². The third-order valence-corrected chi connectivity index (χ3v) is 4.24. The number of hydrogen-bond donors (Lipinski definition) is 3. The van der Waals surface area contributed by atoms with Gasteiger partial charge in [-0.2, -0.15) is 0 Å². The molecule has 0 bridgehead atoms. The molecule has 2 rings (SSSR count). The number of amides is 1. The Kier molecular flexibility index (Phi) is 5.30. The molecule has 1 aromatic carbocycles. The number of hydrogen-bond acceptors (Lipinski definition) is 3. The molecule has 1 amide bonds. The minimum Gasteiger partial charge on any atom is -0.355 e. The normalized spacial score (nSPS) is 11.5. The first-order chi connectivity index (χ1) is 10.1. The third-order valence-electron chi connectivity index (χ3n) is 3.01. The van der Waals surface area contributed by atoms with Crippen LogP contribution < -0.4 is 16.2 Å². The van der Waals surface area contributed by atoms with Crippen LogP contribution in [0.4, 0.5) is 0 Å². The number of aryl methyl sites for hydroxylation is 1. The number of carbonyl (C=O) groups is 1. The molecule has 110 valence electrons. The Bertz CT molecular complexity index is 625. The second-order valence-corrected chi connectivity index (χ2v) is 5.94. The molecule has 0 saturated heterocycles. The van der Waals surface area contributed by atoms with Crippen LogP contribution in [0, 0.1) is 6.92 Å². The zero-order valence-corrected chi connectivity index (χ0v) is 13.5. The van der Waals surface area contributed by atoms with Crippen molar-refractivity contribution in [1.82, 2.24) is 16.2 Å². The molecule has 4 nitrogen and oxygen atoms in total. The molecule has 2 aromatic rings. The van der Waals surface area contributed by atoms with E-state index in [0.717, 1.165) is 11.1 Å². The summed E-state index contributed by atoms with van der Waals surface area (Å²) in [6.45, 7) is 3.91. The minimum atomic E-state index is -0.181. The fourth-order valence-electron chi connectivity index (χ4n) is 1.83. The summed E-state index contributed by atoms with van der Waals surface area (Å²) in [5.74, 6) is -0.181. The number of benzene rings is 1. The van der Waals surface area contributed by atoms with Crippen molar-refractivity contribution in [1.29, 1.82) is 0 Å². The molecule has 21 heavy (non-hydrogen) atoms. The van der Waals surface area contributed by atoms with Gasteiger partial charge in [-0.3, -0.25) is 15.6 Å². The Balaban J connectivity index is 1.83. The number of nitrogens with one attached hydrogen (secondary N) is 3. The van der Waals surface area contributed by atoms with Gasteiger partial charge in [0.25, 0.3) is 5.91 Å². The lowest BCUT2D eigenvalue weighted by Gasteiger charge is -2.17. The van der Waals surface area contributed by atoms with Crippen LogP contribution in [0.1, 0.15) is 33.8 Å². The molecule has 0 aliphatic carbocycles. The average molecular weight is 319 g/mol. The van der Waals surface area contributed by atoms with Gasteiger partial charge in [0.1, 0.15) is 0 Å². The van der Waals surface area contributed by atoms with Crippen molar-refractivity contribution >= 4 is 34.6 Å². The van der Waals surface area contributed by atoms with Gasteiger partial charge in [-0.15, -0.1) is 11.3 Å². The van der Waals surface area contributed by atoms with Crippen LogP contribution in [0.5, 0.6) is 0 Å². The summed E-state index contributed by atoms with van der Waals surface area (Å²) in [6, 6.07) is 11.9. The molecule has 0 spiro atoms. The van der Waals surface area contributed by atoms with Crippen LogP contribution in [0.3, 0.4) is 0 Å². The molecule has 0 aliphatic rings. The van der Waals surface area contributed by atoms with Crippen molar-refractivity contribution in [3.63, 3.8) is 0 Å². The lowest BCUT2D eigenvalue weighted by Crippen LogP contribution is -2.47. The van der Waals surface area contributed by atoms with Crippen molar-refractivity contribution in [2.24, 2.45) is 0 Å². The van der Waals surface area contributed by atoms with Crippen LogP contribution in [-0.2, 0) is 0 Å². The minimum absolute atomic E-state index is 0.0616. The van der Waals surface area contributed by atoms with Gasteiger partial charge in [0, 0.05) is 0 Å². The second-order valence-electron chi connectivity index (χ2n) is 4.62. The fraction of sp³-hybridized carbons (Fsp3) is 0.200. The summed E-state index contributed by atoms with van der Waals surface area (Å²) in [5.41, 5.74) is 7.41. The summed E-state index contributed by atoms with van der Waals surface area (Å²) < 4.78 is 0. The zero-order chi connectivity index (χ0) is 15.2. The first-order valence-corrected chi connectivity index (χ1v) is 7.82. The van der Waals surface area contributed by atoms with Crippen molar-refractivity contribution in [3.8, 4) is 0 Å². The first-order valence-electron chi connectivity index (χ1n) is 6.54. The van der Waals surface area contributed by atoms with E-state index in [-0.39, 0.29) is 11.9 Å². The van der Waals surface area contributed by atoms with Crippen molar-refractivity contribution in [3.05, 3.63) is 57.8 Å². The number of rotatable bonds is 3. The summed E-state index contributed by atoms with van der Waals surface area (Å²) in [6.07, 6.45) is 0. The lowest BCUT2D eigenvalue weighted by atomic mass is 10.1. The summed E-state index contributed by atoms with van der Waals surface area (Å²) in [7, 11) is 0. The van der Waals surface area contributed by atoms with E-state index in [9.17, 15) is 4.79 Å². The zero-order valence-electron chi connectivity index (χ0n) is 11.8. The maximum atomic E-state index is 11.9. The maximum absolute atomic E-state index is 11.9.